The molecule has 1 spiro atoms. The number of benzene rings is 1. The average Bonchev–Trinajstić information content (AvgIpc) is 3.26. The first-order valence-electron chi connectivity index (χ1n) is 11.7. The van der Waals surface area contributed by atoms with Gasteiger partial charge in [-0.1, -0.05) is 0 Å². The molecule has 10 heteroatoms. The van der Waals surface area contributed by atoms with Gasteiger partial charge in [0.05, 0.1) is 11.6 Å². The molecule has 0 aliphatic carbocycles. The Balaban J connectivity index is 1.73. The molecule has 1 fully saturated rings. The van der Waals surface area contributed by atoms with E-state index in [1.54, 1.807) is 32.2 Å². The largest absolute Gasteiger partial charge is 0.491 e. The van der Waals surface area contributed by atoms with Crippen LogP contribution in [0.5, 0.6) is 5.75 Å². The standard InChI is InChI=1S/C25H30F5N3O2/c1-16(2)35-19-8-7-18(14-17(19)3)22(34)33-11-9-23(15-21(33)24(26,27)25(28,29)30)20-6-5-10-32(20)13-12-31(23)4/h5-8,10,14,16,21H,9,11-13,15H2,1-4H3. The molecule has 2 unspecified atom stereocenters. The van der Waals surface area contributed by atoms with Crippen molar-refractivity contribution >= 4 is 5.91 Å². The Morgan fingerprint density at radius 3 is 2.46 bits per heavy atom. The Morgan fingerprint density at radius 2 is 1.83 bits per heavy atom. The summed E-state index contributed by atoms with van der Waals surface area (Å²) < 4.78 is 78.6. The van der Waals surface area contributed by atoms with E-state index in [0.717, 1.165) is 0 Å². The molecule has 2 aromatic rings. The summed E-state index contributed by atoms with van der Waals surface area (Å²) in [5, 5.41) is 0. The third-order valence-electron chi connectivity index (χ3n) is 7.23. The number of likely N-dealkylation sites (N-methyl/N-ethyl adjacent to an activating group) is 1. The first-order chi connectivity index (χ1) is 16.3. The van der Waals surface area contributed by atoms with Gasteiger partial charge in [-0.25, -0.2) is 0 Å². The number of fused-ring (bicyclic) bond motifs is 2. The molecular formula is C25H30F5N3O2. The highest BCUT2D eigenvalue weighted by atomic mass is 19.4. The zero-order chi connectivity index (χ0) is 25.8. The van der Waals surface area contributed by atoms with Crippen LogP contribution in [0.15, 0.2) is 36.5 Å². The molecule has 2 aliphatic heterocycles. The fourth-order valence-corrected chi connectivity index (χ4v) is 5.36. The lowest BCUT2D eigenvalue weighted by atomic mass is 9.76. The number of carbonyl (C=O) groups excluding carboxylic acids is 1. The number of carbonyl (C=O) groups is 1. The SMILES string of the molecule is Cc1cc(C(=O)N2CCC3(CC2C(F)(F)C(F)(F)F)c2cccn2CCN3C)ccc1OC(C)C. The van der Waals surface area contributed by atoms with Crippen LogP contribution >= 0.6 is 0 Å². The van der Waals surface area contributed by atoms with E-state index in [1.165, 1.54) is 12.1 Å². The number of aryl methyl sites for hydroxylation is 1. The fourth-order valence-electron chi connectivity index (χ4n) is 5.36. The van der Waals surface area contributed by atoms with E-state index < -0.39 is 36.0 Å². The summed E-state index contributed by atoms with van der Waals surface area (Å²) in [6.45, 7) is 6.28. The summed E-state index contributed by atoms with van der Waals surface area (Å²) in [6, 6.07) is 5.64. The summed E-state index contributed by atoms with van der Waals surface area (Å²) in [5.41, 5.74) is 0.329. The third-order valence-corrected chi connectivity index (χ3v) is 7.23. The van der Waals surface area contributed by atoms with Gasteiger partial charge >= 0.3 is 12.1 Å². The Kier molecular flexibility index (Phi) is 6.40. The zero-order valence-corrected chi connectivity index (χ0v) is 20.2. The van der Waals surface area contributed by atoms with Crippen LogP contribution in [0.1, 0.15) is 48.3 Å². The smallest absolute Gasteiger partial charge is 0.455 e. The second kappa shape index (κ2) is 8.80. The molecule has 2 atom stereocenters. The summed E-state index contributed by atoms with van der Waals surface area (Å²) in [7, 11) is 1.74. The van der Waals surface area contributed by atoms with E-state index in [4.69, 9.17) is 4.74 Å². The Bertz CT molecular complexity index is 1100. The van der Waals surface area contributed by atoms with Crippen molar-refractivity contribution in [1.29, 1.82) is 0 Å². The minimum absolute atomic E-state index is 0.0536. The number of piperidine rings is 1. The number of halogens is 5. The van der Waals surface area contributed by atoms with Crippen molar-refractivity contribution in [3.05, 3.63) is 53.3 Å². The second-order valence-corrected chi connectivity index (χ2v) is 9.78. The van der Waals surface area contributed by atoms with Crippen LogP contribution in [0.4, 0.5) is 22.0 Å². The monoisotopic (exact) mass is 499 g/mol. The number of aromatic nitrogens is 1. The number of ether oxygens (including phenoxy) is 1. The van der Waals surface area contributed by atoms with Crippen molar-refractivity contribution in [3.8, 4) is 5.75 Å². The predicted octanol–water partition coefficient (Wildman–Crippen LogP) is 5.23. The van der Waals surface area contributed by atoms with E-state index in [0.29, 0.717) is 35.0 Å². The third kappa shape index (κ3) is 4.30. The van der Waals surface area contributed by atoms with Gasteiger partial charge in [0.1, 0.15) is 11.8 Å². The maximum atomic E-state index is 15.0. The quantitative estimate of drug-likeness (QED) is 0.541. The summed E-state index contributed by atoms with van der Waals surface area (Å²) >= 11 is 0. The van der Waals surface area contributed by atoms with Gasteiger partial charge in [-0.2, -0.15) is 22.0 Å². The molecule has 192 valence electrons. The zero-order valence-electron chi connectivity index (χ0n) is 20.2. The van der Waals surface area contributed by atoms with E-state index in [2.05, 4.69) is 0 Å². The van der Waals surface area contributed by atoms with Crippen molar-refractivity contribution in [1.82, 2.24) is 14.4 Å². The van der Waals surface area contributed by atoms with E-state index in [9.17, 15) is 18.0 Å². The van der Waals surface area contributed by atoms with Crippen LogP contribution in [0, 0.1) is 6.92 Å². The molecule has 0 bridgehead atoms. The van der Waals surface area contributed by atoms with Crippen LogP contribution in [0.2, 0.25) is 0 Å². The van der Waals surface area contributed by atoms with Crippen LogP contribution < -0.4 is 4.74 Å². The second-order valence-electron chi connectivity index (χ2n) is 9.78. The highest BCUT2D eigenvalue weighted by Gasteiger charge is 2.67. The highest BCUT2D eigenvalue weighted by molar-refractivity contribution is 5.95. The molecule has 35 heavy (non-hydrogen) atoms. The number of likely N-dealkylation sites (tertiary alicyclic amines) is 1. The molecule has 1 aromatic carbocycles. The number of alkyl halides is 5. The van der Waals surface area contributed by atoms with Gasteiger partial charge in [0.15, 0.2) is 0 Å². The summed E-state index contributed by atoms with van der Waals surface area (Å²) in [4.78, 5) is 16.0. The van der Waals surface area contributed by atoms with Gasteiger partial charge in [0, 0.05) is 37.1 Å². The van der Waals surface area contributed by atoms with Crippen molar-refractivity contribution in [3.63, 3.8) is 0 Å². The first kappa shape index (κ1) is 25.5. The van der Waals surface area contributed by atoms with E-state index in [-0.39, 0.29) is 24.6 Å². The molecule has 5 nitrogen and oxygen atoms in total. The first-order valence-corrected chi connectivity index (χ1v) is 11.7. The fraction of sp³-hybridized carbons (Fsp3) is 0.560. The molecule has 3 heterocycles. The number of hydrogen-bond acceptors (Lipinski definition) is 3. The number of rotatable bonds is 4. The Morgan fingerprint density at radius 1 is 1.11 bits per heavy atom. The number of hydrogen-bond donors (Lipinski definition) is 0. The lowest BCUT2D eigenvalue weighted by Crippen LogP contribution is -2.66. The van der Waals surface area contributed by atoms with Gasteiger partial charge in [-0.05, 0) is 76.6 Å². The molecule has 1 aromatic heterocycles. The van der Waals surface area contributed by atoms with Crippen LogP contribution in [-0.2, 0) is 12.1 Å². The minimum atomic E-state index is -5.80. The Hall–Kier alpha value is -2.62. The van der Waals surface area contributed by atoms with E-state index in [1.807, 2.05) is 29.5 Å². The highest BCUT2D eigenvalue weighted by Crippen LogP contribution is 2.50. The number of amides is 1. The maximum absolute atomic E-state index is 15.0. The number of nitrogens with zero attached hydrogens (tertiary/aromatic N) is 3. The van der Waals surface area contributed by atoms with Gasteiger partial charge < -0.3 is 14.2 Å². The maximum Gasteiger partial charge on any atom is 0.455 e. The lowest BCUT2D eigenvalue weighted by Gasteiger charge is -2.54. The van der Waals surface area contributed by atoms with Crippen molar-refractivity contribution in [2.75, 3.05) is 20.1 Å². The molecule has 1 saturated heterocycles. The topological polar surface area (TPSA) is 37.7 Å². The Labute approximate surface area is 201 Å². The molecule has 0 radical (unpaired) electrons. The van der Waals surface area contributed by atoms with Crippen LogP contribution in [0.25, 0.3) is 0 Å². The average molecular weight is 500 g/mol. The lowest BCUT2D eigenvalue weighted by molar-refractivity contribution is -0.307. The summed E-state index contributed by atoms with van der Waals surface area (Å²) in [5.74, 6) is -5.40. The van der Waals surface area contributed by atoms with Crippen molar-refractivity contribution in [2.45, 2.75) is 69.9 Å². The van der Waals surface area contributed by atoms with Gasteiger partial charge in [0.25, 0.3) is 5.91 Å². The van der Waals surface area contributed by atoms with Crippen molar-refractivity contribution < 1.29 is 31.5 Å². The van der Waals surface area contributed by atoms with Gasteiger partial charge in [-0.15, -0.1) is 0 Å². The van der Waals surface area contributed by atoms with Crippen LogP contribution in [0.3, 0.4) is 0 Å². The van der Waals surface area contributed by atoms with Gasteiger partial charge in [-0.3, -0.25) is 9.69 Å². The van der Waals surface area contributed by atoms with Crippen molar-refractivity contribution in [2.24, 2.45) is 0 Å². The predicted molar refractivity (Wildman–Crippen MR) is 121 cm³/mol. The van der Waals surface area contributed by atoms with Gasteiger partial charge in [0.2, 0.25) is 0 Å². The minimum Gasteiger partial charge on any atom is -0.491 e. The molecule has 0 saturated carbocycles. The summed E-state index contributed by atoms with van der Waals surface area (Å²) in [6.07, 6.45) is -4.39. The molecule has 1 amide bonds. The van der Waals surface area contributed by atoms with E-state index >= 15 is 8.78 Å². The molecule has 2 aliphatic rings. The van der Waals surface area contributed by atoms with Crippen LogP contribution in [-0.4, -0.2) is 64.7 Å². The molecule has 0 N–H and O–H groups in total. The molecular weight excluding hydrogens is 469 g/mol. The molecule has 4 rings (SSSR count). The normalized spacial score (nSPS) is 23.6.